The summed E-state index contributed by atoms with van der Waals surface area (Å²) in [5.41, 5.74) is 8.25. The number of halogens is 1. The number of alkyl carbamates (subject to hydrolysis) is 1. The normalized spacial score (nSPS) is 28.2. The van der Waals surface area contributed by atoms with Crippen LogP contribution in [0, 0.1) is 0 Å². The molecule has 2 saturated heterocycles. The van der Waals surface area contributed by atoms with Gasteiger partial charge in [0.25, 0.3) is 0 Å². The summed E-state index contributed by atoms with van der Waals surface area (Å²) < 4.78 is 40.4. The quantitative estimate of drug-likeness (QED) is 0.109. The van der Waals surface area contributed by atoms with E-state index in [0.29, 0.717) is 17.9 Å². The Labute approximate surface area is 378 Å². The lowest BCUT2D eigenvalue weighted by Crippen LogP contribution is -2.72. The summed E-state index contributed by atoms with van der Waals surface area (Å²) in [6, 6.07) is 1.39. The number of rotatable bonds is 17. The Morgan fingerprint density at radius 2 is 1.78 bits per heavy atom. The molecule has 1 aromatic rings. The zero-order chi connectivity index (χ0) is 47.6. The Bertz CT molecular complexity index is 1940. The number of nitrogens with two attached hydrogens (primary N) is 2. The number of aliphatic hydroxyl groups is 1. The number of amides is 5. The summed E-state index contributed by atoms with van der Waals surface area (Å²) in [7, 11) is 5.86. The summed E-state index contributed by atoms with van der Waals surface area (Å²) >= 11 is 6.78. The molecule has 20 nitrogen and oxygen atoms in total. The highest BCUT2D eigenvalue weighted by Gasteiger charge is 2.63. The van der Waals surface area contributed by atoms with Crippen molar-refractivity contribution in [1.82, 2.24) is 15.5 Å². The summed E-state index contributed by atoms with van der Waals surface area (Å²) in [6.45, 7) is 7.39. The van der Waals surface area contributed by atoms with Crippen molar-refractivity contribution in [2.24, 2.45) is 11.5 Å². The number of nitrogens with zero attached hydrogens (tertiary/aromatic N) is 2. The first-order chi connectivity index (χ1) is 30.1. The van der Waals surface area contributed by atoms with E-state index in [1.54, 1.807) is 45.2 Å². The number of fused-ring (bicyclic) bond motifs is 6. The fourth-order valence-electron chi connectivity index (χ4n) is 7.86. The minimum atomic E-state index is -1.89. The molecule has 1 unspecified atom stereocenters. The fourth-order valence-corrected chi connectivity index (χ4v) is 8.17. The lowest BCUT2D eigenvalue weighted by atomic mass is 9.72. The molecule has 0 aliphatic carbocycles. The predicted octanol–water partition coefficient (Wildman–Crippen LogP) is 1.40. The number of nitrogens with one attached hydrogen (secondary N) is 2. The number of methoxy groups -OCH3 is 2. The number of hydrogen-bond donors (Lipinski definition) is 5. The molecule has 2 fully saturated rings. The highest BCUT2D eigenvalue weighted by molar-refractivity contribution is 6.35. The average Bonchev–Trinajstić information content (AvgIpc) is 3.22. The van der Waals surface area contributed by atoms with Crippen LogP contribution in [0.4, 0.5) is 10.5 Å². The molecule has 1 aromatic carbocycles. The third-order valence-electron chi connectivity index (χ3n) is 11.6. The van der Waals surface area contributed by atoms with Crippen LogP contribution < -0.4 is 31.7 Å². The maximum Gasteiger partial charge on any atom is 0.409 e. The van der Waals surface area contributed by atoms with Gasteiger partial charge in [-0.25, -0.2) is 9.59 Å². The van der Waals surface area contributed by atoms with E-state index in [1.807, 2.05) is 13.0 Å². The number of hydrogen-bond acceptors (Lipinski definition) is 15. The van der Waals surface area contributed by atoms with E-state index >= 15 is 0 Å². The van der Waals surface area contributed by atoms with Crippen molar-refractivity contribution >= 4 is 53.0 Å². The minimum Gasteiger partial charge on any atom is -0.495 e. The first-order valence-corrected chi connectivity index (χ1v) is 21.3. The molecule has 0 radical (unpaired) electrons. The Morgan fingerprint density at radius 3 is 2.42 bits per heavy atom. The highest BCUT2D eigenvalue weighted by atomic mass is 35.5. The summed E-state index contributed by atoms with van der Waals surface area (Å²) in [5.74, 6) is -2.60. The van der Waals surface area contributed by atoms with E-state index in [1.165, 1.54) is 38.0 Å². The number of anilines is 1. The molecular formula is C43H63ClN6O14. The van der Waals surface area contributed by atoms with Gasteiger partial charge >= 0.3 is 12.1 Å². The van der Waals surface area contributed by atoms with Crippen LogP contribution in [0.25, 0.3) is 0 Å². The first kappa shape index (κ1) is 51.8. The van der Waals surface area contributed by atoms with E-state index in [0.717, 1.165) is 11.1 Å². The van der Waals surface area contributed by atoms with Crippen molar-refractivity contribution in [3.63, 3.8) is 0 Å². The molecule has 0 aromatic heterocycles. The molecule has 8 atom stereocenters. The number of ether oxygens (including phenoxy) is 7. The van der Waals surface area contributed by atoms with E-state index in [2.05, 4.69) is 10.6 Å². The van der Waals surface area contributed by atoms with Crippen molar-refractivity contribution in [3.8, 4) is 5.75 Å². The largest absolute Gasteiger partial charge is 0.495 e. The highest BCUT2D eigenvalue weighted by Crippen LogP contribution is 2.50. The average molecular weight is 923 g/mol. The molecule has 0 saturated carbocycles. The van der Waals surface area contributed by atoms with E-state index < -0.39 is 83.0 Å². The fraction of sp³-hybridized carbons (Fsp3) is 0.628. The molecule has 7 N–H and O–H groups in total. The molecule has 4 aliphatic rings. The van der Waals surface area contributed by atoms with Gasteiger partial charge in [0.05, 0.1) is 64.5 Å². The second kappa shape index (κ2) is 22.4. The number of benzene rings is 1. The Hall–Kier alpha value is -4.83. The number of allylic oxidation sites excluding steroid dienone is 3. The summed E-state index contributed by atoms with van der Waals surface area (Å²) in [6.07, 6.45) is 0.767. The minimum absolute atomic E-state index is 0.0170. The Balaban J connectivity index is 1.48. The van der Waals surface area contributed by atoms with Crippen molar-refractivity contribution in [3.05, 3.63) is 46.5 Å². The van der Waals surface area contributed by atoms with Crippen LogP contribution in [0.2, 0.25) is 5.02 Å². The second-order valence-corrected chi connectivity index (χ2v) is 17.1. The molecule has 4 aliphatic heterocycles. The third-order valence-corrected chi connectivity index (χ3v) is 12.0. The van der Waals surface area contributed by atoms with Gasteiger partial charge in [-0.15, -0.1) is 0 Å². The summed E-state index contributed by atoms with van der Waals surface area (Å²) in [5, 5.41) is 17.0. The van der Waals surface area contributed by atoms with Gasteiger partial charge in [0.2, 0.25) is 23.6 Å². The van der Waals surface area contributed by atoms with Gasteiger partial charge in [0.15, 0.2) is 5.72 Å². The molecule has 5 rings (SSSR count). The van der Waals surface area contributed by atoms with Crippen molar-refractivity contribution in [2.45, 2.75) is 114 Å². The molecular weight excluding hydrogens is 860 g/mol. The van der Waals surface area contributed by atoms with Crippen molar-refractivity contribution in [2.75, 3.05) is 66.2 Å². The maximum atomic E-state index is 14.2. The zero-order valence-electron chi connectivity index (χ0n) is 37.7. The van der Waals surface area contributed by atoms with Gasteiger partial charge in [-0.1, -0.05) is 35.4 Å². The second-order valence-electron chi connectivity index (χ2n) is 16.7. The van der Waals surface area contributed by atoms with Gasteiger partial charge < -0.3 is 64.8 Å². The molecule has 6 bridgehead atoms. The smallest absolute Gasteiger partial charge is 0.409 e. The molecule has 356 valence electrons. The molecule has 5 amide bonds. The van der Waals surface area contributed by atoms with Gasteiger partial charge in [0.1, 0.15) is 46.3 Å². The zero-order valence-corrected chi connectivity index (χ0v) is 38.5. The monoisotopic (exact) mass is 922 g/mol. The topological polar surface area (TPSA) is 270 Å². The standard InChI is InChI=1S/C43H63ClN6O14/c1-25-10-9-11-31(59-8)43(57)23-33(63-40(56)48-43)42(4)24-41(3,64-42)32(22-36(53)50(6)29-19-27(18-25)20-30(58-7)37(29)44)62-39(55)26(2)49(5)35(52)12-14-60-16-17-61-15-13-47-38(54)28(45)21-34(46)51/h9-11,19-20,26,28,31-33,57H,12-18,21-24,45H2,1-8H3,(H2,46,51)(H,47,54)(H,48,56)/b11-9+,25-10+/t26-,28-,31+,32-,33-,41+,42?,43-/m0/s1. The predicted molar refractivity (Wildman–Crippen MR) is 232 cm³/mol. The maximum absolute atomic E-state index is 14.2. The SMILES string of the molecule is COc1cc2cc(c1Cl)N(C)C(=O)C[C@H](OC(=O)[C@H](C)N(C)C(=O)CCOCCOCCNC(=O)[C@@H](N)CC(N)=O)[C@@]1(C)CC(C)(O1)[C@@H]1C[C@@](O)(NC(=O)O1)[C@H](OC)/C=C/C=C(\C)C2. The third kappa shape index (κ3) is 13.1. The van der Waals surface area contributed by atoms with Crippen LogP contribution in [-0.4, -0.2) is 154 Å². The van der Waals surface area contributed by atoms with Crippen LogP contribution in [0.3, 0.4) is 0 Å². The van der Waals surface area contributed by atoms with Crippen molar-refractivity contribution < 1.29 is 67.0 Å². The Morgan fingerprint density at radius 1 is 1.11 bits per heavy atom. The van der Waals surface area contributed by atoms with Crippen LogP contribution in [-0.2, 0) is 58.8 Å². The van der Waals surface area contributed by atoms with E-state index in [9.17, 15) is 33.9 Å². The Kier molecular flexibility index (Phi) is 18.1. The first-order valence-electron chi connectivity index (χ1n) is 20.9. The van der Waals surface area contributed by atoms with E-state index in [4.69, 9.17) is 56.2 Å². The van der Waals surface area contributed by atoms with Crippen LogP contribution in [0.15, 0.2) is 35.9 Å². The summed E-state index contributed by atoms with van der Waals surface area (Å²) in [4.78, 5) is 79.6. The van der Waals surface area contributed by atoms with Gasteiger partial charge in [-0.2, -0.15) is 0 Å². The van der Waals surface area contributed by atoms with Crippen molar-refractivity contribution in [1.29, 1.82) is 0 Å². The molecule has 0 spiro atoms. The van der Waals surface area contributed by atoms with Gasteiger partial charge in [0, 0.05) is 40.6 Å². The van der Waals surface area contributed by atoms with Crippen LogP contribution in [0.5, 0.6) is 5.75 Å². The molecule has 64 heavy (non-hydrogen) atoms. The van der Waals surface area contributed by atoms with Crippen LogP contribution in [0.1, 0.15) is 65.4 Å². The number of carbonyl (C=O) groups is 6. The van der Waals surface area contributed by atoms with Gasteiger partial charge in [-0.05, 0) is 51.8 Å². The molecule has 4 heterocycles. The molecule has 21 heteroatoms. The number of carbonyl (C=O) groups excluding carboxylic acids is 6. The van der Waals surface area contributed by atoms with Gasteiger partial charge in [-0.3, -0.25) is 24.5 Å². The van der Waals surface area contributed by atoms with E-state index in [-0.39, 0.29) is 70.1 Å². The number of primary amides is 1. The number of likely N-dealkylation sites (N-methyl/N-ethyl adjacent to an activating group) is 1. The lowest BCUT2D eigenvalue weighted by Gasteiger charge is -2.59. The lowest BCUT2D eigenvalue weighted by molar-refractivity contribution is -0.328. The number of esters is 1. The van der Waals surface area contributed by atoms with Crippen LogP contribution >= 0.6 is 11.6 Å².